The van der Waals surface area contributed by atoms with E-state index in [1.807, 2.05) is 0 Å². The molecular weight excluding hydrogens is 200 g/mol. The molecule has 0 heterocycles. The molecule has 2 rings (SSSR count). The fourth-order valence-electron chi connectivity index (χ4n) is 3.03. The van der Waals surface area contributed by atoms with Gasteiger partial charge >= 0.3 is 0 Å². The number of nitrogens with one attached hydrogen (secondary N) is 1. The Hall–Kier alpha value is -0.570. The summed E-state index contributed by atoms with van der Waals surface area (Å²) < 4.78 is 0. The molecule has 3 heteroatoms. The fourth-order valence-corrected chi connectivity index (χ4v) is 3.03. The molecule has 16 heavy (non-hydrogen) atoms. The van der Waals surface area contributed by atoms with Crippen molar-refractivity contribution < 1.29 is 5.21 Å². The van der Waals surface area contributed by atoms with Gasteiger partial charge in [0.25, 0.3) is 0 Å². The summed E-state index contributed by atoms with van der Waals surface area (Å²) >= 11 is 0. The van der Waals surface area contributed by atoms with Gasteiger partial charge in [0.05, 0.1) is 5.71 Å². The zero-order valence-electron chi connectivity index (χ0n) is 10.1. The maximum Gasteiger partial charge on any atom is 0.0739 e. The van der Waals surface area contributed by atoms with Crippen molar-refractivity contribution in [1.29, 1.82) is 0 Å². The van der Waals surface area contributed by atoms with Gasteiger partial charge in [0.15, 0.2) is 0 Å². The first-order valence-corrected chi connectivity index (χ1v) is 6.87. The lowest BCUT2D eigenvalue weighted by molar-refractivity contribution is 0.308. The van der Waals surface area contributed by atoms with Crippen LogP contribution in [0.15, 0.2) is 5.16 Å². The highest BCUT2D eigenvalue weighted by Crippen LogP contribution is 2.21. The smallest absolute Gasteiger partial charge is 0.0739 e. The molecule has 2 fully saturated rings. The summed E-state index contributed by atoms with van der Waals surface area (Å²) in [4.78, 5) is 0. The maximum atomic E-state index is 9.06. The summed E-state index contributed by atoms with van der Waals surface area (Å²) in [6.45, 7) is 0. The first-order chi connectivity index (χ1) is 7.90. The van der Waals surface area contributed by atoms with E-state index in [4.69, 9.17) is 5.21 Å². The number of hydrogen-bond acceptors (Lipinski definition) is 3. The van der Waals surface area contributed by atoms with Crippen LogP contribution in [-0.2, 0) is 0 Å². The predicted octanol–water partition coefficient (Wildman–Crippen LogP) is 3.07. The molecule has 92 valence electrons. The summed E-state index contributed by atoms with van der Waals surface area (Å²) in [7, 11) is 0. The zero-order valence-corrected chi connectivity index (χ0v) is 10.1. The van der Waals surface area contributed by atoms with Gasteiger partial charge < -0.3 is 10.5 Å². The Balaban J connectivity index is 1.89. The first kappa shape index (κ1) is 11.9. The molecule has 0 aromatic carbocycles. The third-order valence-corrected chi connectivity index (χ3v) is 4.00. The van der Waals surface area contributed by atoms with Crippen LogP contribution in [0.5, 0.6) is 0 Å². The molecule has 2 saturated carbocycles. The van der Waals surface area contributed by atoms with Gasteiger partial charge in [0.2, 0.25) is 0 Å². The molecule has 0 amide bonds. The fraction of sp³-hybridized carbons (Fsp3) is 0.923. The molecule has 0 radical (unpaired) electrons. The second-order valence-corrected chi connectivity index (χ2v) is 5.24. The standard InChI is InChI=1S/C13H24N2O/c16-15-13-10-6-2-5-9-12(13)14-11-7-3-1-4-8-11/h11-12,14,16H,1-10H2/b15-13+/t12-/m1/s1. The van der Waals surface area contributed by atoms with Crippen LogP contribution in [0.1, 0.15) is 64.2 Å². The van der Waals surface area contributed by atoms with Crippen LogP contribution >= 0.6 is 0 Å². The van der Waals surface area contributed by atoms with Crippen molar-refractivity contribution in [3.05, 3.63) is 0 Å². The lowest BCUT2D eigenvalue weighted by Gasteiger charge is -2.28. The van der Waals surface area contributed by atoms with E-state index in [-0.39, 0.29) is 0 Å². The number of nitrogens with zero attached hydrogens (tertiary/aromatic N) is 1. The average molecular weight is 224 g/mol. The van der Waals surface area contributed by atoms with Gasteiger partial charge in [0, 0.05) is 12.1 Å². The largest absolute Gasteiger partial charge is 0.411 e. The summed E-state index contributed by atoms with van der Waals surface area (Å²) in [6.07, 6.45) is 12.6. The van der Waals surface area contributed by atoms with Crippen molar-refractivity contribution in [2.45, 2.75) is 76.3 Å². The van der Waals surface area contributed by atoms with Gasteiger partial charge in [-0.05, 0) is 32.1 Å². The van der Waals surface area contributed by atoms with E-state index in [0.29, 0.717) is 12.1 Å². The summed E-state index contributed by atoms with van der Waals surface area (Å²) in [5, 5.41) is 16.3. The Bertz CT molecular complexity index is 234. The van der Waals surface area contributed by atoms with Crippen LogP contribution in [0.4, 0.5) is 0 Å². The average Bonchev–Trinajstić information content (AvgIpc) is 2.55. The molecule has 1 atom stereocenters. The van der Waals surface area contributed by atoms with Gasteiger partial charge in [-0.1, -0.05) is 37.3 Å². The summed E-state index contributed by atoms with van der Waals surface area (Å²) in [6, 6.07) is 1.00. The van der Waals surface area contributed by atoms with Crippen molar-refractivity contribution in [2.75, 3.05) is 0 Å². The Morgan fingerprint density at radius 2 is 1.62 bits per heavy atom. The van der Waals surface area contributed by atoms with Crippen LogP contribution < -0.4 is 5.32 Å². The van der Waals surface area contributed by atoms with Crippen molar-refractivity contribution in [2.24, 2.45) is 5.16 Å². The quantitative estimate of drug-likeness (QED) is 0.430. The van der Waals surface area contributed by atoms with E-state index in [1.54, 1.807) is 0 Å². The molecule has 0 bridgehead atoms. The summed E-state index contributed by atoms with van der Waals surface area (Å²) in [5.41, 5.74) is 0.989. The van der Waals surface area contributed by atoms with Gasteiger partial charge in [-0.2, -0.15) is 0 Å². The van der Waals surface area contributed by atoms with Gasteiger partial charge in [0.1, 0.15) is 0 Å². The normalized spacial score (nSPS) is 31.5. The van der Waals surface area contributed by atoms with Crippen molar-refractivity contribution in [3.8, 4) is 0 Å². The Labute approximate surface area is 98.3 Å². The second kappa shape index (κ2) is 6.24. The Morgan fingerprint density at radius 1 is 0.938 bits per heavy atom. The molecular formula is C13H24N2O. The molecule has 2 aliphatic carbocycles. The number of oxime groups is 1. The van der Waals surface area contributed by atoms with E-state index in [0.717, 1.165) is 18.6 Å². The number of rotatable bonds is 2. The van der Waals surface area contributed by atoms with E-state index in [2.05, 4.69) is 10.5 Å². The van der Waals surface area contributed by atoms with Crippen molar-refractivity contribution in [1.82, 2.24) is 5.32 Å². The first-order valence-electron chi connectivity index (χ1n) is 6.87. The topological polar surface area (TPSA) is 44.6 Å². The zero-order chi connectivity index (χ0) is 11.2. The van der Waals surface area contributed by atoms with Crippen LogP contribution in [0.3, 0.4) is 0 Å². The second-order valence-electron chi connectivity index (χ2n) is 5.24. The van der Waals surface area contributed by atoms with Crippen LogP contribution in [0.25, 0.3) is 0 Å². The van der Waals surface area contributed by atoms with Crippen molar-refractivity contribution >= 4 is 5.71 Å². The molecule has 2 N–H and O–H groups in total. The lowest BCUT2D eigenvalue weighted by Crippen LogP contribution is -2.43. The molecule has 0 spiro atoms. The molecule has 0 aliphatic heterocycles. The highest BCUT2D eigenvalue weighted by atomic mass is 16.4. The molecule has 0 unspecified atom stereocenters. The third kappa shape index (κ3) is 3.21. The minimum atomic E-state index is 0.343. The monoisotopic (exact) mass is 224 g/mol. The van der Waals surface area contributed by atoms with Gasteiger partial charge in [-0.3, -0.25) is 0 Å². The molecule has 2 aliphatic rings. The molecule has 0 aromatic rings. The van der Waals surface area contributed by atoms with Gasteiger partial charge in [-0.25, -0.2) is 0 Å². The summed E-state index contributed by atoms with van der Waals surface area (Å²) in [5.74, 6) is 0. The molecule has 3 nitrogen and oxygen atoms in total. The Kier molecular flexibility index (Phi) is 4.64. The minimum absolute atomic E-state index is 0.343. The highest BCUT2D eigenvalue weighted by molar-refractivity contribution is 5.89. The van der Waals surface area contributed by atoms with E-state index < -0.39 is 0 Å². The highest BCUT2D eigenvalue weighted by Gasteiger charge is 2.23. The van der Waals surface area contributed by atoms with Crippen LogP contribution in [0.2, 0.25) is 0 Å². The van der Waals surface area contributed by atoms with Crippen LogP contribution in [0, 0.1) is 0 Å². The predicted molar refractivity (Wildman–Crippen MR) is 66.1 cm³/mol. The third-order valence-electron chi connectivity index (χ3n) is 4.00. The molecule has 0 saturated heterocycles. The maximum absolute atomic E-state index is 9.06. The SMILES string of the molecule is O/N=C1\CCCCC[C@H]1NC1CCCCC1. The lowest BCUT2D eigenvalue weighted by atomic mass is 9.93. The van der Waals surface area contributed by atoms with E-state index >= 15 is 0 Å². The van der Waals surface area contributed by atoms with Crippen molar-refractivity contribution in [3.63, 3.8) is 0 Å². The van der Waals surface area contributed by atoms with E-state index in [1.165, 1.54) is 51.4 Å². The van der Waals surface area contributed by atoms with E-state index in [9.17, 15) is 0 Å². The number of hydrogen-bond donors (Lipinski definition) is 2. The molecule has 0 aromatic heterocycles. The van der Waals surface area contributed by atoms with Crippen LogP contribution in [-0.4, -0.2) is 23.0 Å². The van der Waals surface area contributed by atoms with Gasteiger partial charge in [-0.15, -0.1) is 0 Å². The Morgan fingerprint density at radius 3 is 2.38 bits per heavy atom. The minimum Gasteiger partial charge on any atom is -0.411 e.